The smallest absolute Gasteiger partial charge is 0.322 e. The van der Waals surface area contributed by atoms with E-state index < -0.39 is 25.4 Å². The Morgan fingerprint density at radius 3 is 1.92 bits per heavy atom. The van der Waals surface area contributed by atoms with E-state index in [0.717, 1.165) is 10.4 Å². The molecule has 3 N–H and O–H groups in total. The molecular formula is C20H27NO3Si. The van der Waals surface area contributed by atoms with Crippen molar-refractivity contribution in [3.05, 3.63) is 60.7 Å². The van der Waals surface area contributed by atoms with Crippen molar-refractivity contribution in [2.45, 2.75) is 37.8 Å². The van der Waals surface area contributed by atoms with E-state index >= 15 is 0 Å². The topological polar surface area (TPSA) is 72.5 Å². The lowest BCUT2D eigenvalue weighted by atomic mass is 10.0. The molecule has 0 fully saturated rings. The molecule has 0 aliphatic heterocycles. The lowest BCUT2D eigenvalue weighted by Crippen LogP contribution is -2.65. The number of hydrogen-bond donors (Lipinski definition) is 2. The van der Waals surface area contributed by atoms with Gasteiger partial charge in [0, 0.05) is 0 Å². The summed E-state index contributed by atoms with van der Waals surface area (Å²) in [6.07, 6.45) is 1.09. The van der Waals surface area contributed by atoms with Crippen LogP contribution in [0, 0.1) is 0 Å². The van der Waals surface area contributed by atoms with Crippen molar-refractivity contribution < 1.29 is 14.3 Å². The molecule has 0 aliphatic carbocycles. The second-order valence-electron chi connectivity index (χ2n) is 6.99. The molecule has 0 amide bonds. The summed E-state index contributed by atoms with van der Waals surface area (Å²) < 4.78 is 4.72. The lowest BCUT2D eigenvalue weighted by Gasteiger charge is -2.41. The first-order valence-electron chi connectivity index (χ1n) is 8.50. The predicted octanol–water partition coefficient (Wildman–Crippen LogP) is 1.80. The fraction of sp³-hybridized carbons (Fsp3) is 0.350. The highest BCUT2D eigenvalue weighted by atomic mass is 28.4. The molecule has 2 rings (SSSR count). The molecule has 0 unspecified atom stereocenters. The Balaban J connectivity index is 2.40. The van der Waals surface area contributed by atoms with E-state index in [9.17, 15) is 9.59 Å². The molecule has 1 atom stereocenters. The number of carbonyl (C=O) groups is 1. The Morgan fingerprint density at radius 1 is 1.08 bits per heavy atom. The lowest BCUT2D eigenvalue weighted by molar-refractivity contribution is -0.142. The first-order chi connectivity index (χ1) is 11.8. The van der Waals surface area contributed by atoms with Gasteiger partial charge in [-0.15, -0.1) is 0 Å². The van der Waals surface area contributed by atoms with Crippen LogP contribution >= 0.6 is 0 Å². The van der Waals surface area contributed by atoms with Crippen molar-refractivity contribution >= 4 is 24.7 Å². The van der Waals surface area contributed by atoms with Crippen LogP contribution in [0.5, 0.6) is 0 Å². The number of nitrogens with two attached hydrogens (primary N) is 1. The van der Waals surface area contributed by atoms with Crippen LogP contribution in [0.25, 0.3) is 0 Å². The number of benzene rings is 2. The third-order valence-electron chi connectivity index (χ3n) is 4.95. The average molecular weight is 358 g/mol. The zero-order valence-corrected chi connectivity index (χ0v) is 16.1. The molecule has 0 aromatic heterocycles. The van der Waals surface area contributed by atoms with Gasteiger partial charge in [0.2, 0.25) is 0 Å². The van der Waals surface area contributed by atoms with Crippen LogP contribution in [0.1, 0.15) is 26.7 Å². The highest BCUT2D eigenvalue weighted by molar-refractivity contribution is 6.98. The molecule has 2 aromatic rings. The minimum Gasteiger partial charge on any atom is -0.468 e. The van der Waals surface area contributed by atoms with Gasteiger partial charge in [-0.25, -0.2) is 0 Å². The van der Waals surface area contributed by atoms with E-state index in [1.54, 1.807) is 0 Å². The van der Waals surface area contributed by atoms with E-state index in [2.05, 4.69) is 13.8 Å². The quantitative estimate of drug-likeness (QED) is 0.585. The van der Waals surface area contributed by atoms with Crippen LogP contribution in [0.2, 0.25) is 5.04 Å². The van der Waals surface area contributed by atoms with E-state index in [1.165, 1.54) is 7.11 Å². The maximum absolute atomic E-state index is 12.0. The molecule has 0 saturated heterocycles. The van der Waals surface area contributed by atoms with Gasteiger partial charge in [-0.05, 0) is 28.3 Å². The Hall–Kier alpha value is -1.95. The molecule has 5 heteroatoms. The molecule has 0 heterocycles. The van der Waals surface area contributed by atoms with Gasteiger partial charge in [-0.3, -0.25) is 4.79 Å². The first-order valence-corrected chi connectivity index (χ1v) is 10.4. The summed E-state index contributed by atoms with van der Waals surface area (Å²) in [5, 5.41) is 1.50. The molecule has 2 aromatic carbocycles. The van der Waals surface area contributed by atoms with Gasteiger partial charge in [0.15, 0.2) is 0 Å². The van der Waals surface area contributed by atoms with Gasteiger partial charge < -0.3 is 15.3 Å². The van der Waals surface area contributed by atoms with Crippen molar-refractivity contribution in [3.8, 4) is 0 Å². The number of carbonyl (C=O) groups excluding carboxylic acids is 1. The zero-order valence-electron chi connectivity index (χ0n) is 15.1. The number of hydrogen-bond acceptors (Lipinski definition) is 4. The van der Waals surface area contributed by atoms with Gasteiger partial charge in [-0.1, -0.05) is 74.5 Å². The molecule has 0 bridgehead atoms. The van der Waals surface area contributed by atoms with Gasteiger partial charge in [-0.2, -0.15) is 0 Å². The molecule has 0 radical (unpaired) electrons. The Labute approximate surface area is 150 Å². The fourth-order valence-corrected chi connectivity index (χ4v) is 7.03. The standard InChI is InChI=1S/C20H27NO3Si/c1-20(2,15-14-18(21)19(22)24-3)25(23,16-10-6-4-7-11-16)17-12-8-5-9-13-17/h4-13,18,23H,14-15,21H2,1-3H3/t18-/m0/s1. The monoisotopic (exact) mass is 357 g/mol. The van der Waals surface area contributed by atoms with Crippen LogP contribution in [0.4, 0.5) is 0 Å². The molecule has 25 heavy (non-hydrogen) atoms. The Kier molecular flexibility index (Phi) is 6.16. The van der Waals surface area contributed by atoms with Crippen LogP contribution in [0.3, 0.4) is 0 Å². The molecular weight excluding hydrogens is 330 g/mol. The summed E-state index contributed by atoms with van der Waals surface area (Å²) in [6, 6.07) is 19.0. The fourth-order valence-electron chi connectivity index (χ4n) is 3.27. The van der Waals surface area contributed by atoms with Crippen LogP contribution in [-0.2, 0) is 9.53 Å². The van der Waals surface area contributed by atoms with Crippen LogP contribution in [-0.4, -0.2) is 32.2 Å². The second-order valence-corrected chi connectivity index (χ2v) is 10.9. The van der Waals surface area contributed by atoms with Gasteiger partial charge >= 0.3 is 5.97 Å². The van der Waals surface area contributed by atoms with Gasteiger partial charge in [0.25, 0.3) is 8.32 Å². The maximum atomic E-state index is 12.0. The number of methoxy groups -OCH3 is 1. The highest BCUT2D eigenvalue weighted by Gasteiger charge is 2.49. The average Bonchev–Trinajstić information content (AvgIpc) is 2.66. The normalized spacial score (nSPS) is 13.3. The molecule has 4 nitrogen and oxygen atoms in total. The SMILES string of the molecule is COC(=O)[C@@H](N)CCC(C)(C)[Si](O)(c1ccccc1)c1ccccc1. The first kappa shape index (κ1) is 19.4. The van der Waals surface area contributed by atoms with Crippen molar-refractivity contribution in [2.24, 2.45) is 5.73 Å². The van der Waals surface area contributed by atoms with Crippen LogP contribution < -0.4 is 16.1 Å². The van der Waals surface area contributed by atoms with E-state index in [1.807, 2.05) is 60.7 Å². The summed E-state index contributed by atoms with van der Waals surface area (Å²) in [6.45, 7) is 4.12. The second kappa shape index (κ2) is 7.95. The van der Waals surface area contributed by atoms with E-state index in [-0.39, 0.29) is 0 Å². The molecule has 0 spiro atoms. The maximum Gasteiger partial charge on any atom is 0.322 e. The number of rotatable bonds is 7. The highest BCUT2D eigenvalue weighted by Crippen LogP contribution is 2.40. The van der Waals surface area contributed by atoms with Gasteiger partial charge in [0.05, 0.1) is 7.11 Å². The Bertz CT molecular complexity index is 649. The zero-order chi connectivity index (χ0) is 18.5. The summed E-state index contributed by atoms with van der Waals surface area (Å²) in [5.41, 5.74) is 5.91. The summed E-state index contributed by atoms with van der Waals surface area (Å²) in [4.78, 5) is 23.6. The summed E-state index contributed by atoms with van der Waals surface area (Å²) in [5.74, 6) is -0.416. The van der Waals surface area contributed by atoms with Crippen LogP contribution in [0.15, 0.2) is 60.7 Å². The molecule has 0 saturated carbocycles. The third kappa shape index (κ3) is 4.00. The Morgan fingerprint density at radius 2 is 1.52 bits per heavy atom. The van der Waals surface area contributed by atoms with Crippen molar-refractivity contribution in [1.29, 1.82) is 0 Å². The number of ether oxygens (including phenoxy) is 1. The van der Waals surface area contributed by atoms with Crippen molar-refractivity contribution in [2.75, 3.05) is 7.11 Å². The molecule has 0 aliphatic rings. The largest absolute Gasteiger partial charge is 0.468 e. The van der Waals surface area contributed by atoms with Gasteiger partial charge in [0.1, 0.15) is 6.04 Å². The predicted molar refractivity (Wildman–Crippen MR) is 103 cm³/mol. The van der Waals surface area contributed by atoms with E-state index in [0.29, 0.717) is 12.8 Å². The molecule has 134 valence electrons. The third-order valence-corrected chi connectivity index (χ3v) is 9.49. The summed E-state index contributed by atoms with van der Waals surface area (Å²) in [7, 11) is -1.71. The van der Waals surface area contributed by atoms with Crippen molar-refractivity contribution in [3.63, 3.8) is 0 Å². The minimum absolute atomic E-state index is 0.415. The number of esters is 1. The van der Waals surface area contributed by atoms with Crippen molar-refractivity contribution in [1.82, 2.24) is 0 Å². The summed E-state index contributed by atoms with van der Waals surface area (Å²) >= 11 is 0. The van der Waals surface area contributed by atoms with E-state index in [4.69, 9.17) is 10.5 Å². The minimum atomic E-state index is -3.05.